The van der Waals surface area contributed by atoms with Crippen molar-refractivity contribution in [1.29, 1.82) is 5.26 Å². The molecule has 1 aromatic heterocycles. The van der Waals surface area contributed by atoms with E-state index in [0.29, 0.717) is 42.3 Å². The van der Waals surface area contributed by atoms with Crippen LogP contribution in [0.2, 0.25) is 0 Å². The maximum Gasteiger partial charge on any atom is 0.252 e. The first-order valence-corrected chi connectivity index (χ1v) is 8.28. The summed E-state index contributed by atoms with van der Waals surface area (Å²) in [5, 5.41) is 21.7. The van der Waals surface area contributed by atoms with E-state index >= 15 is 0 Å². The number of benzene rings is 1. The lowest BCUT2D eigenvalue weighted by molar-refractivity contribution is 0.0891. The van der Waals surface area contributed by atoms with Crippen molar-refractivity contribution in [2.45, 2.75) is 25.0 Å². The van der Waals surface area contributed by atoms with Gasteiger partial charge < -0.3 is 15.2 Å². The van der Waals surface area contributed by atoms with Gasteiger partial charge in [-0.15, -0.1) is 0 Å². The number of carbonyl (C=O) groups is 1. The summed E-state index contributed by atoms with van der Waals surface area (Å²) >= 11 is 0. The SMILES string of the molecule is N#CC(O)[C@@H]1C/C=C/CCOc2ccnc(n2)-c2ccccc2C(=O)N1. The fourth-order valence-corrected chi connectivity index (χ4v) is 2.62. The Bertz CT molecular complexity index is 860. The number of ether oxygens (including phenoxy) is 1. The number of hydrogen-bond acceptors (Lipinski definition) is 6. The van der Waals surface area contributed by atoms with Crippen molar-refractivity contribution in [3.63, 3.8) is 0 Å². The smallest absolute Gasteiger partial charge is 0.252 e. The summed E-state index contributed by atoms with van der Waals surface area (Å²) in [6.45, 7) is 0.437. The molecule has 0 saturated heterocycles. The normalized spacial score (nSPS) is 19.7. The second-order valence-corrected chi connectivity index (χ2v) is 5.76. The molecule has 2 heterocycles. The van der Waals surface area contributed by atoms with E-state index in [9.17, 15) is 9.90 Å². The Labute approximate surface area is 151 Å². The largest absolute Gasteiger partial charge is 0.477 e. The summed E-state index contributed by atoms with van der Waals surface area (Å²) in [5.41, 5.74) is 0.911. The van der Waals surface area contributed by atoms with Gasteiger partial charge in [-0.25, -0.2) is 4.98 Å². The second kappa shape index (κ2) is 8.23. The highest BCUT2D eigenvalue weighted by Gasteiger charge is 2.23. The molecule has 2 atom stereocenters. The standard InChI is InChI=1S/C19H18N4O3/c20-12-16(24)15-8-2-1-5-11-26-17-9-10-21-18(23-17)13-6-3-4-7-14(13)19(25)22-15/h1-4,6-7,9-10,15-16,24H,5,8,11H2,(H,22,25)/b2-1+/t15-,16?/m0/s1. The van der Waals surface area contributed by atoms with Crippen molar-refractivity contribution >= 4 is 5.91 Å². The van der Waals surface area contributed by atoms with Crippen LogP contribution in [0.5, 0.6) is 5.88 Å². The van der Waals surface area contributed by atoms with Gasteiger partial charge in [-0.1, -0.05) is 30.4 Å². The highest BCUT2D eigenvalue weighted by Crippen LogP contribution is 2.22. The van der Waals surface area contributed by atoms with Crippen LogP contribution < -0.4 is 10.1 Å². The van der Waals surface area contributed by atoms with E-state index in [1.54, 1.807) is 42.6 Å². The van der Waals surface area contributed by atoms with E-state index in [1.165, 1.54) is 0 Å². The summed E-state index contributed by atoms with van der Waals surface area (Å²) in [6.07, 6.45) is 4.95. The third kappa shape index (κ3) is 4.05. The maximum atomic E-state index is 12.8. The molecule has 0 aliphatic carbocycles. The number of aliphatic hydroxyl groups is 1. The van der Waals surface area contributed by atoms with Crippen LogP contribution >= 0.6 is 0 Å². The molecule has 2 aromatic rings. The molecule has 7 nitrogen and oxygen atoms in total. The number of carbonyl (C=O) groups excluding carboxylic acids is 1. The highest BCUT2D eigenvalue weighted by atomic mass is 16.5. The lowest BCUT2D eigenvalue weighted by Crippen LogP contribution is -2.42. The minimum atomic E-state index is -1.31. The molecule has 1 unspecified atom stereocenters. The molecule has 1 aliphatic heterocycles. The van der Waals surface area contributed by atoms with Crippen LogP contribution in [0.1, 0.15) is 23.2 Å². The van der Waals surface area contributed by atoms with Crippen LogP contribution in [-0.4, -0.2) is 39.7 Å². The molecular formula is C19H18N4O3. The summed E-state index contributed by atoms with van der Waals surface area (Å²) in [6, 6.07) is 9.65. The summed E-state index contributed by atoms with van der Waals surface area (Å²) in [5.74, 6) is 0.409. The number of aliphatic hydroxyl groups excluding tert-OH is 1. The van der Waals surface area contributed by atoms with E-state index in [4.69, 9.17) is 10.00 Å². The maximum absolute atomic E-state index is 12.8. The molecule has 26 heavy (non-hydrogen) atoms. The van der Waals surface area contributed by atoms with Gasteiger partial charge in [0.15, 0.2) is 11.9 Å². The molecule has 132 valence electrons. The van der Waals surface area contributed by atoms with Gasteiger partial charge in [0, 0.05) is 17.8 Å². The van der Waals surface area contributed by atoms with E-state index in [1.807, 2.05) is 12.2 Å². The first kappa shape index (κ1) is 17.6. The van der Waals surface area contributed by atoms with Gasteiger partial charge in [-0.3, -0.25) is 4.79 Å². The van der Waals surface area contributed by atoms with Gasteiger partial charge in [-0.05, 0) is 18.9 Å². The van der Waals surface area contributed by atoms with Crippen LogP contribution in [0.3, 0.4) is 0 Å². The van der Waals surface area contributed by atoms with E-state index in [-0.39, 0.29) is 0 Å². The zero-order valence-electron chi connectivity index (χ0n) is 14.0. The summed E-state index contributed by atoms with van der Waals surface area (Å²) in [4.78, 5) is 21.4. The Balaban J connectivity index is 2.02. The van der Waals surface area contributed by atoms with Crippen LogP contribution in [-0.2, 0) is 0 Å². The van der Waals surface area contributed by atoms with Crippen molar-refractivity contribution in [2.75, 3.05) is 6.61 Å². The Morgan fingerprint density at radius 3 is 2.88 bits per heavy atom. The van der Waals surface area contributed by atoms with Gasteiger partial charge in [0.05, 0.1) is 24.3 Å². The summed E-state index contributed by atoms with van der Waals surface area (Å²) in [7, 11) is 0. The molecule has 2 bridgehead atoms. The van der Waals surface area contributed by atoms with Gasteiger partial charge in [0.25, 0.3) is 5.91 Å². The zero-order chi connectivity index (χ0) is 18.4. The third-order valence-electron chi connectivity index (χ3n) is 3.96. The number of hydrogen-bond donors (Lipinski definition) is 2. The van der Waals surface area contributed by atoms with Crippen molar-refractivity contribution in [2.24, 2.45) is 0 Å². The molecule has 0 fully saturated rings. The molecule has 1 amide bonds. The van der Waals surface area contributed by atoms with Crippen molar-refractivity contribution in [1.82, 2.24) is 15.3 Å². The zero-order valence-corrected chi connectivity index (χ0v) is 14.0. The first-order valence-electron chi connectivity index (χ1n) is 8.28. The molecule has 0 saturated carbocycles. The number of fused-ring (bicyclic) bond motifs is 4. The van der Waals surface area contributed by atoms with E-state index < -0.39 is 18.1 Å². The Hall–Kier alpha value is -3.24. The van der Waals surface area contributed by atoms with Crippen molar-refractivity contribution in [3.05, 3.63) is 54.2 Å². The second-order valence-electron chi connectivity index (χ2n) is 5.76. The van der Waals surface area contributed by atoms with Gasteiger partial charge in [0.2, 0.25) is 5.88 Å². The molecule has 0 radical (unpaired) electrons. The predicted octanol–water partition coefficient (Wildman–Crippen LogP) is 1.86. The number of aromatic nitrogens is 2. The fourth-order valence-electron chi connectivity index (χ4n) is 2.62. The number of nitrogens with one attached hydrogen (secondary N) is 1. The quantitative estimate of drug-likeness (QED) is 0.600. The number of nitrogens with zero attached hydrogens (tertiary/aromatic N) is 3. The molecular weight excluding hydrogens is 332 g/mol. The van der Waals surface area contributed by atoms with Crippen LogP contribution in [0.15, 0.2) is 48.7 Å². The third-order valence-corrected chi connectivity index (χ3v) is 3.96. The average Bonchev–Trinajstić information content (AvgIpc) is 2.68. The number of nitriles is 1. The van der Waals surface area contributed by atoms with Crippen LogP contribution in [0, 0.1) is 11.3 Å². The Morgan fingerprint density at radius 2 is 2.08 bits per heavy atom. The molecule has 1 aliphatic rings. The minimum Gasteiger partial charge on any atom is -0.477 e. The summed E-state index contributed by atoms with van der Waals surface area (Å²) < 4.78 is 5.62. The molecule has 1 aromatic carbocycles. The molecule has 3 rings (SSSR count). The monoisotopic (exact) mass is 350 g/mol. The molecule has 0 spiro atoms. The first-order chi connectivity index (χ1) is 12.7. The molecule has 7 heteroatoms. The van der Waals surface area contributed by atoms with Gasteiger partial charge in [-0.2, -0.15) is 10.2 Å². The van der Waals surface area contributed by atoms with E-state index in [0.717, 1.165) is 0 Å². The highest BCUT2D eigenvalue weighted by molar-refractivity contribution is 6.00. The van der Waals surface area contributed by atoms with Gasteiger partial charge >= 0.3 is 0 Å². The minimum absolute atomic E-state index is 0.338. The lowest BCUT2D eigenvalue weighted by atomic mass is 10.0. The predicted molar refractivity (Wildman–Crippen MR) is 94.2 cm³/mol. The Kier molecular flexibility index (Phi) is 5.56. The van der Waals surface area contributed by atoms with Crippen LogP contribution in [0.4, 0.5) is 0 Å². The molecule has 2 N–H and O–H groups in total. The number of rotatable bonds is 1. The lowest BCUT2D eigenvalue weighted by Gasteiger charge is -2.19. The van der Waals surface area contributed by atoms with E-state index in [2.05, 4.69) is 15.3 Å². The fraction of sp³-hybridized carbons (Fsp3) is 0.263. The number of amides is 1. The van der Waals surface area contributed by atoms with Gasteiger partial charge in [0.1, 0.15) is 0 Å². The van der Waals surface area contributed by atoms with Crippen molar-refractivity contribution in [3.8, 4) is 23.3 Å². The Morgan fingerprint density at radius 1 is 1.27 bits per heavy atom. The topological polar surface area (TPSA) is 108 Å². The average molecular weight is 350 g/mol. The van der Waals surface area contributed by atoms with Crippen LogP contribution in [0.25, 0.3) is 11.4 Å². The van der Waals surface area contributed by atoms with Crippen molar-refractivity contribution < 1.29 is 14.6 Å².